The molecule has 130 heavy (non-hydrogen) atoms. The van der Waals surface area contributed by atoms with Gasteiger partial charge in [0, 0.05) is 12.8 Å². The predicted octanol–water partition coefficient (Wildman–Crippen LogP) is 29.4. The van der Waals surface area contributed by atoms with Gasteiger partial charge in [-0.1, -0.05) is 271 Å². The van der Waals surface area contributed by atoms with Crippen LogP contribution >= 0.6 is 0 Å². The van der Waals surface area contributed by atoms with Crippen LogP contribution in [0.2, 0.25) is 0 Å². The second kappa shape index (κ2) is 56.3. The van der Waals surface area contributed by atoms with Crippen LogP contribution in [0.4, 0.5) is 17.6 Å². The predicted molar refractivity (Wildman–Crippen MR) is 515 cm³/mol. The van der Waals surface area contributed by atoms with Crippen LogP contribution in [0, 0.1) is 39.5 Å². The van der Waals surface area contributed by atoms with Crippen LogP contribution < -0.4 is 14.2 Å². The second-order valence-corrected chi connectivity index (χ2v) is 41.6. The van der Waals surface area contributed by atoms with Gasteiger partial charge in [-0.25, -0.2) is 25.6 Å². The maximum atomic E-state index is 13.8. The van der Waals surface area contributed by atoms with Gasteiger partial charge in [0.05, 0.1) is 46.6 Å². The molecule has 0 radical (unpaired) electrons. The fourth-order valence-corrected chi connectivity index (χ4v) is 16.9. The first kappa shape index (κ1) is 112. The van der Waals surface area contributed by atoms with Crippen LogP contribution in [-0.2, 0) is 50.1 Å². The van der Waals surface area contributed by atoms with Gasteiger partial charge in [0.1, 0.15) is 48.1 Å². The lowest BCUT2D eigenvalue weighted by molar-refractivity contribution is -0.207. The number of hydrogen-bond acceptors (Lipinski definition) is 15. The number of aromatic hydroxyl groups is 2. The molecule has 0 aromatic heterocycles. The number of unbranched alkanes of at least 4 members (excludes halogenated alkanes) is 1. The van der Waals surface area contributed by atoms with Crippen molar-refractivity contribution in [1.29, 1.82) is 0 Å². The van der Waals surface area contributed by atoms with E-state index in [0.29, 0.717) is 59.4 Å². The number of hydrogen-bond donors (Lipinski definition) is 2. The van der Waals surface area contributed by atoms with Gasteiger partial charge in [-0.3, -0.25) is 4.79 Å². The van der Waals surface area contributed by atoms with E-state index < -0.39 is 65.9 Å². The molecule has 15 nitrogen and oxygen atoms in total. The molecule has 7 unspecified atom stereocenters. The van der Waals surface area contributed by atoms with E-state index in [9.17, 15) is 48.3 Å². The molecule has 2 aliphatic rings. The minimum Gasteiger partial charge on any atom is -0.744 e. The van der Waals surface area contributed by atoms with Gasteiger partial charge in [-0.05, 0) is 256 Å². The monoisotopic (exact) mass is 1860 g/mol. The average Bonchev–Trinajstić information content (AvgIpc) is 0.766. The van der Waals surface area contributed by atoms with E-state index >= 15 is 0 Å². The van der Waals surface area contributed by atoms with Crippen LogP contribution in [0.3, 0.4) is 0 Å². The fraction of sp³-hybridized carbons (Fsp3) is 0.491. The molecule has 0 spiro atoms. The van der Waals surface area contributed by atoms with Gasteiger partial charge in [-0.15, -0.1) is 0 Å². The Morgan fingerprint density at radius 2 is 0.715 bits per heavy atom. The lowest BCUT2D eigenvalue weighted by Crippen LogP contribution is -2.36. The van der Waals surface area contributed by atoms with Gasteiger partial charge >= 0.3 is 5.97 Å². The summed E-state index contributed by atoms with van der Waals surface area (Å²) in [6.45, 7) is 40.6. The van der Waals surface area contributed by atoms with Crippen molar-refractivity contribution >= 4 is 37.1 Å². The summed E-state index contributed by atoms with van der Waals surface area (Å²) in [5.41, 5.74) is 6.05. The largest absolute Gasteiger partial charge is 0.744 e. The number of phenolic OH excluding ortho intramolecular Hbond substituents is 2. The van der Waals surface area contributed by atoms with Gasteiger partial charge in [0.25, 0.3) is 0 Å². The van der Waals surface area contributed by atoms with E-state index in [1.165, 1.54) is 100 Å². The summed E-state index contributed by atoms with van der Waals surface area (Å²) in [6, 6.07) is 69.3. The van der Waals surface area contributed by atoms with Crippen molar-refractivity contribution in [3.05, 3.63) is 263 Å². The maximum Gasteiger partial charge on any atom is 0.313 e. The zero-order chi connectivity index (χ0) is 96.4. The van der Waals surface area contributed by atoms with E-state index in [4.69, 9.17) is 38.6 Å². The zero-order valence-corrected chi connectivity index (χ0v) is 82.8. The normalized spacial score (nSPS) is 14.8. The van der Waals surface area contributed by atoms with E-state index in [1.54, 1.807) is 36.4 Å². The Morgan fingerprint density at radius 3 is 1.03 bits per heavy atom. The Bertz CT molecular complexity index is 4720. The molecule has 9 aromatic carbocycles. The summed E-state index contributed by atoms with van der Waals surface area (Å²) in [6.07, 6.45) is 20.8. The number of rotatable bonds is 33. The number of esters is 1. The highest BCUT2D eigenvalue weighted by molar-refractivity contribution is 7.97. The highest BCUT2D eigenvalue weighted by atomic mass is 32.2. The van der Waals surface area contributed by atoms with Gasteiger partial charge < -0.3 is 47.7 Å². The van der Waals surface area contributed by atoms with Gasteiger partial charge in [-0.2, -0.15) is 8.78 Å². The van der Waals surface area contributed by atoms with E-state index in [-0.39, 0.29) is 64.6 Å². The summed E-state index contributed by atoms with van der Waals surface area (Å²) in [4.78, 5) is 14.0. The smallest absolute Gasteiger partial charge is 0.313 e. The molecule has 11 rings (SSSR count). The molecule has 2 aliphatic carbocycles. The van der Waals surface area contributed by atoms with E-state index in [2.05, 4.69) is 226 Å². The lowest BCUT2D eigenvalue weighted by Gasteiger charge is -2.33. The van der Waals surface area contributed by atoms with Crippen LogP contribution in [-0.4, -0.2) is 80.1 Å². The zero-order valence-electron chi connectivity index (χ0n) is 80.4. The summed E-state index contributed by atoms with van der Waals surface area (Å²) in [5, 5.41) is 18.0. The Kier molecular flexibility index (Phi) is 48.4. The second-order valence-electron chi connectivity index (χ2n) is 36.8. The van der Waals surface area contributed by atoms with E-state index in [1.807, 2.05) is 69.3 Å². The van der Waals surface area contributed by atoms with Crippen LogP contribution in [0.1, 0.15) is 317 Å². The summed E-state index contributed by atoms with van der Waals surface area (Å²) in [5.74, 6) is -5.48. The number of benzene rings is 9. The van der Waals surface area contributed by atoms with Crippen molar-refractivity contribution in [2.45, 2.75) is 339 Å². The third-order valence-corrected chi connectivity index (χ3v) is 27.3. The van der Waals surface area contributed by atoms with Crippen LogP contribution in [0.5, 0.6) is 28.7 Å². The Morgan fingerprint density at radius 1 is 0.408 bits per heavy atom. The number of phenols is 2. The van der Waals surface area contributed by atoms with Crippen molar-refractivity contribution < 1.29 is 86.9 Å². The Balaban J connectivity index is 0.000000275. The van der Waals surface area contributed by atoms with Gasteiger partial charge in [0.15, 0.2) is 32.1 Å². The highest BCUT2D eigenvalue weighted by Crippen LogP contribution is 2.37. The molecule has 0 bridgehead atoms. The van der Waals surface area contributed by atoms with Crippen molar-refractivity contribution in [3.63, 3.8) is 0 Å². The standard InChI is InChI=1S/C22H36O2.C20H22F4O5S.C18H34O3.C18H15S.C10H14O3S.2C10H14O/c1-6-17(2)18-12-14-20(15-13-18)24-21(16-22(3,4)5)23-19-10-8-7-9-11-19;1-3-12(2)13-6-8-14(9-7-13)28-10-4-5-11-29-19-15(21)17(23)20(30(25,26)27)18(24)16(19)22;1-7-18(5,6)16(19)21-15(13-17(2,3)4)20-14-11-9-8-10-12-14;1-4-10-16(11-5-1)19(17-12-6-2-7-13-17)18-14-8-3-9-15-18;1-3-8(2)9-4-6-10(7-5-9)14(11,12)13;2*1-3-8(2)9-4-6-10(11)7-5-9/h12-15,17,19,21H,6-11,16H2,1-5H3;6-9,12H,3-5,10-11H2,1-2H3,(H,25,26,27);14-15H,7-13H2,1-6H3;1-15H;4-8H,3H2,1-2H3,(H,11,12,13);2*4-8,11H,3H2,1-2H3/q;;;+1;;;/p-2. The third kappa shape index (κ3) is 40.4. The van der Waals surface area contributed by atoms with Crippen LogP contribution in [0.25, 0.3) is 0 Å². The van der Waals surface area contributed by atoms with Crippen molar-refractivity contribution in [3.8, 4) is 28.7 Å². The molecular formula is C108H147F4O15S3-. The number of carbonyl (C=O) groups is 1. The molecule has 9 aromatic rings. The first-order valence-electron chi connectivity index (χ1n) is 46.4. The molecule has 0 saturated heterocycles. The number of carbonyl (C=O) groups excluding carboxylic acids is 1. The Hall–Kier alpha value is -8.74. The SMILES string of the molecule is CCC(C)(C)C(=O)OC(CC(C)(C)C)OC1CCCCC1.CCC(C)c1ccc(O)cc1.CCC(C)c1ccc(O)cc1.CCC(C)c1ccc(OC(CC(C)(C)C)OC2CCCCC2)cc1.CCC(C)c1ccc(OCCCCOc2c(F)c(F)c(S(=O)(=O)[O-])c(F)c2F)cc1.CCC(C)c1ccc(S(=O)(=O)[O-])cc1.c1ccc([S+](c2ccccc2)c2ccccc2)cc1. The molecule has 0 heterocycles. The summed E-state index contributed by atoms with van der Waals surface area (Å²) < 4.78 is 154. The Labute approximate surface area is 779 Å². The average molecular weight is 1860 g/mol. The topological polar surface area (TPSA) is 227 Å². The summed E-state index contributed by atoms with van der Waals surface area (Å²) >= 11 is 0. The first-order valence-corrected chi connectivity index (χ1v) is 50.5. The molecule has 716 valence electrons. The molecular weight excluding hydrogens is 1710 g/mol. The fourth-order valence-electron chi connectivity index (χ4n) is 13.7. The van der Waals surface area contributed by atoms with Crippen molar-refractivity contribution in [1.82, 2.24) is 0 Å². The molecule has 2 fully saturated rings. The highest BCUT2D eigenvalue weighted by Gasteiger charge is 2.35. The molecule has 0 aliphatic heterocycles. The summed E-state index contributed by atoms with van der Waals surface area (Å²) in [7, 11) is -10.1. The maximum absolute atomic E-state index is 13.8. The third-order valence-electron chi connectivity index (χ3n) is 23.3. The van der Waals surface area contributed by atoms with Crippen molar-refractivity contribution in [2.24, 2.45) is 16.2 Å². The molecule has 22 heteroatoms. The van der Waals surface area contributed by atoms with E-state index in [0.717, 1.165) is 75.5 Å². The molecule has 0 amide bonds. The molecule has 2 N–H and O–H groups in total. The quantitative estimate of drug-likeness (QED) is 0.00741. The first-order chi connectivity index (χ1) is 61.5. The minimum absolute atomic E-state index is 0.0146. The van der Waals surface area contributed by atoms with Crippen LogP contribution in [0.15, 0.2) is 237 Å². The molecule has 2 saturated carbocycles. The molecule has 7 atom stereocenters. The number of halogens is 4. The number of ether oxygens (including phenoxy) is 6. The minimum atomic E-state index is -5.75. The van der Waals surface area contributed by atoms with Gasteiger partial charge in [0.2, 0.25) is 24.2 Å². The van der Waals surface area contributed by atoms with Crippen molar-refractivity contribution in [2.75, 3.05) is 13.2 Å². The lowest BCUT2D eigenvalue weighted by atomic mass is 9.89.